The molecule has 0 spiro atoms. The van der Waals surface area contributed by atoms with E-state index in [1.807, 2.05) is 26.1 Å². The Morgan fingerprint density at radius 2 is 2.17 bits per heavy atom. The Kier molecular flexibility index (Phi) is 5.98. The monoisotopic (exact) mass is 318 g/mol. The molecule has 0 radical (unpaired) electrons. The summed E-state index contributed by atoms with van der Waals surface area (Å²) >= 11 is 0. The lowest BCUT2D eigenvalue weighted by Crippen LogP contribution is -2.38. The Morgan fingerprint density at radius 1 is 1.43 bits per heavy atom. The van der Waals surface area contributed by atoms with Crippen molar-refractivity contribution in [3.63, 3.8) is 0 Å². The molecule has 2 rings (SSSR count). The summed E-state index contributed by atoms with van der Waals surface area (Å²) in [5.74, 6) is 0.886. The first-order chi connectivity index (χ1) is 11.1. The van der Waals surface area contributed by atoms with E-state index < -0.39 is 0 Å². The van der Waals surface area contributed by atoms with Gasteiger partial charge in [-0.15, -0.1) is 0 Å². The van der Waals surface area contributed by atoms with Gasteiger partial charge in [0.2, 0.25) is 5.91 Å². The zero-order valence-corrected chi connectivity index (χ0v) is 14.4. The molecule has 1 atom stereocenters. The SMILES string of the molecule is CCN(CC)C(CNC(=O)Cc1cnn(C)c1C)c1ccco1. The number of carbonyl (C=O) groups excluding carboxylic acids is 1. The van der Waals surface area contributed by atoms with E-state index in [1.54, 1.807) is 17.1 Å². The third-order valence-corrected chi connectivity index (χ3v) is 4.31. The topological polar surface area (TPSA) is 63.3 Å². The van der Waals surface area contributed by atoms with E-state index >= 15 is 0 Å². The van der Waals surface area contributed by atoms with E-state index in [0.717, 1.165) is 30.1 Å². The van der Waals surface area contributed by atoms with Gasteiger partial charge in [0, 0.05) is 24.8 Å². The molecule has 1 unspecified atom stereocenters. The molecule has 1 amide bonds. The Balaban J connectivity index is 1.98. The molecule has 1 N–H and O–H groups in total. The highest BCUT2D eigenvalue weighted by Crippen LogP contribution is 2.20. The van der Waals surface area contributed by atoms with Crippen molar-refractivity contribution in [3.8, 4) is 0 Å². The number of aromatic nitrogens is 2. The molecule has 0 aromatic carbocycles. The van der Waals surface area contributed by atoms with Crippen LogP contribution < -0.4 is 5.32 Å². The lowest BCUT2D eigenvalue weighted by molar-refractivity contribution is -0.120. The molecule has 0 aliphatic heterocycles. The molecule has 2 heterocycles. The fourth-order valence-electron chi connectivity index (χ4n) is 2.72. The number of nitrogens with one attached hydrogen (secondary N) is 1. The molecule has 2 aromatic rings. The molecule has 0 saturated heterocycles. The van der Waals surface area contributed by atoms with E-state index in [-0.39, 0.29) is 11.9 Å². The van der Waals surface area contributed by atoms with Crippen molar-refractivity contribution >= 4 is 5.91 Å². The van der Waals surface area contributed by atoms with E-state index in [4.69, 9.17) is 4.42 Å². The Bertz CT molecular complexity index is 615. The van der Waals surface area contributed by atoms with Crippen molar-refractivity contribution in [1.29, 1.82) is 0 Å². The van der Waals surface area contributed by atoms with Crippen molar-refractivity contribution in [1.82, 2.24) is 20.0 Å². The highest BCUT2D eigenvalue weighted by atomic mass is 16.3. The molecule has 0 aliphatic carbocycles. The Morgan fingerprint density at radius 3 is 2.70 bits per heavy atom. The number of nitrogens with zero attached hydrogens (tertiary/aromatic N) is 3. The third kappa shape index (κ3) is 4.22. The molecule has 6 heteroatoms. The van der Waals surface area contributed by atoms with E-state index in [2.05, 4.69) is 29.2 Å². The first kappa shape index (κ1) is 17.3. The molecule has 0 fully saturated rings. The van der Waals surface area contributed by atoms with Crippen LogP contribution >= 0.6 is 0 Å². The van der Waals surface area contributed by atoms with Gasteiger partial charge in [-0.2, -0.15) is 5.10 Å². The predicted octanol–water partition coefficient (Wildman–Crippen LogP) is 2.06. The molecule has 0 aliphatic rings. The average Bonchev–Trinajstić information content (AvgIpc) is 3.17. The summed E-state index contributed by atoms with van der Waals surface area (Å²) in [4.78, 5) is 14.5. The lowest BCUT2D eigenvalue weighted by Gasteiger charge is -2.28. The van der Waals surface area contributed by atoms with Crippen LogP contribution in [0.15, 0.2) is 29.0 Å². The van der Waals surface area contributed by atoms with Gasteiger partial charge in [0.25, 0.3) is 0 Å². The summed E-state index contributed by atoms with van der Waals surface area (Å²) in [7, 11) is 1.88. The maximum atomic E-state index is 12.2. The minimum absolute atomic E-state index is 0.00446. The fraction of sp³-hybridized carbons (Fsp3) is 0.529. The minimum atomic E-state index is 0.00446. The van der Waals surface area contributed by atoms with Gasteiger partial charge in [0.15, 0.2) is 0 Å². The van der Waals surface area contributed by atoms with Gasteiger partial charge in [-0.3, -0.25) is 14.4 Å². The maximum Gasteiger partial charge on any atom is 0.224 e. The molecule has 0 bridgehead atoms. The number of amides is 1. The van der Waals surface area contributed by atoms with Gasteiger partial charge in [-0.25, -0.2) is 0 Å². The summed E-state index contributed by atoms with van der Waals surface area (Å²) in [6.45, 7) is 8.53. The number of furan rings is 1. The largest absolute Gasteiger partial charge is 0.468 e. The number of hydrogen-bond donors (Lipinski definition) is 1. The standard InChI is InChI=1S/C17H26N4O2/c1-5-21(6-2)15(16-8-7-9-23-16)12-18-17(22)10-14-11-19-20(4)13(14)3/h7-9,11,15H,5-6,10,12H2,1-4H3,(H,18,22). The summed E-state index contributed by atoms with van der Waals surface area (Å²) in [5.41, 5.74) is 1.98. The van der Waals surface area contributed by atoms with Gasteiger partial charge >= 0.3 is 0 Å². The third-order valence-electron chi connectivity index (χ3n) is 4.31. The maximum absolute atomic E-state index is 12.2. The average molecular weight is 318 g/mol. The van der Waals surface area contributed by atoms with Crippen molar-refractivity contribution in [2.75, 3.05) is 19.6 Å². The predicted molar refractivity (Wildman–Crippen MR) is 89.0 cm³/mol. The summed E-state index contributed by atoms with van der Waals surface area (Å²) in [6.07, 6.45) is 3.78. The van der Waals surface area contributed by atoms with E-state index in [1.165, 1.54) is 0 Å². The molecule has 23 heavy (non-hydrogen) atoms. The normalized spacial score (nSPS) is 12.6. The molecule has 0 saturated carbocycles. The highest BCUT2D eigenvalue weighted by molar-refractivity contribution is 5.78. The first-order valence-corrected chi connectivity index (χ1v) is 8.08. The number of hydrogen-bond acceptors (Lipinski definition) is 4. The summed E-state index contributed by atoms with van der Waals surface area (Å²) < 4.78 is 7.33. The number of rotatable bonds is 8. The Hall–Kier alpha value is -2.08. The lowest BCUT2D eigenvalue weighted by atomic mass is 10.1. The molecule has 2 aromatic heterocycles. The summed E-state index contributed by atoms with van der Waals surface area (Å²) in [5, 5.41) is 7.20. The molecule has 6 nitrogen and oxygen atoms in total. The van der Waals surface area contributed by atoms with Crippen molar-refractivity contribution in [2.45, 2.75) is 33.2 Å². The van der Waals surface area contributed by atoms with Crippen LogP contribution in [0.25, 0.3) is 0 Å². The van der Waals surface area contributed by atoms with Gasteiger partial charge in [0.1, 0.15) is 5.76 Å². The van der Waals surface area contributed by atoms with Crippen LogP contribution in [-0.2, 0) is 18.3 Å². The fourth-order valence-corrected chi connectivity index (χ4v) is 2.72. The number of aryl methyl sites for hydroxylation is 1. The Labute approximate surface area is 137 Å². The second-order valence-electron chi connectivity index (χ2n) is 5.61. The van der Waals surface area contributed by atoms with Crippen LogP contribution in [-0.4, -0.2) is 40.2 Å². The van der Waals surface area contributed by atoms with Gasteiger partial charge in [0.05, 0.1) is 24.9 Å². The van der Waals surface area contributed by atoms with Crippen LogP contribution in [0.5, 0.6) is 0 Å². The second kappa shape index (κ2) is 7.97. The number of carbonyl (C=O) groups is 1. The van der Waals surface area contributed by atoms with Crippen LogP contribution in [0, 0.1) is 6.92 Å². The van der Waals surface area contributed by atoms with Gasteiger partial charge in [-0.05, 0) is 32.1 Å². The zero-order valence-electron chi connectivity index (χ0n) is 14.4. The van der Waals surface area contributed by atoms with Crippen molar-refractivity contribution in [2.24, 2.45) is 7.05 Å². The highest BCUT2D eigenvalue weighted by Gasteiger charge is 2.21. The van der Waals surface area contributed by atoms with Crippen molar-refractivity contribution in [3.05, 3.63) is 41.6 Å². The van der Waals surface area contributed by atoms with E-state index in [0.29, 0.717) is 13.0 Å². The van der Waals surface area contributed by atoms with Crippen LogP contribution in [0.4, 0.5) is 0 Å². The van der Waals surface area contributed by atoms with Crippen molar-refractivity contribution < 1.29 is 9.21 Å². The molecular formula is C17H26N4O2. The molecular weight excluding hydrogens is 292 g/mol. The quantitative estimate of drug-likeness (QED) is 0.809. The van der Waals surface area contributed by atoms with Crippen LogP contribution in [0.1, 0.15) is 36.9 Å². The summed E-state index contributed by atoms with van der Waals surface area (Å²) in [6, 6.07) is 3.89. The second-order valence-corrected chi connectivity index (χ2v) is 5.61. The minimum Gasteiger partial charge on any atom is -0.468 e. The smallest absolute Gasteiger partial charge is 0.224 e. The van der Waals surface area contributed by atoms with Gasteiger partial charge < -0.3 is 9.73 Å². The zero-order chi connectivity index (χ0) is 16.8. The van der Waals surface area contributed by atoms with Gasteiger partial charge in [-0.1, -0.05) is 13.8 Å². The number of likely N-dealkylation sites (N-methyl/N-ethyl adjacent to an activating group) is 1. The van der Waals surface area contributed by atoms with E-state index in [9.17, 15) is 4.79 Å². The first-order valence-electron chi connectivity index (χ1n) is 8.08. The van der Waals surface area contributed by atoms with Crippen LogP contribution in [0.3, 0.4) is 0 Å². The van der Waals surface area contributed by atoms with Crippen LogP contribution in [0.2, 0.25) is 0 Å². The molecule has 126 valence electrons.